The maximum atomic E-state index is 12.4. The fourth-order valence-corrected chi connectivity index (χ4v) is 3.67. The highest BCUT2D eigenvalue weighted by molar-refractivity contribution is 7.21. The van der Waals surface area contributed by atoms with Crippen LogP contribution in [-0.4, -0.2) is 32.1 Å². The number of amides is 1. The van der Waals surface area contributed by atoms with E-state index in [1.807, 2.05) is 25.1 Å². The van der Waals surface area contributed by atoms with Crippen molar-refractivity contribution in [2.75, 3.05) is 20.2 Å². The molecule has 1 atom stereocenters. The van der Waals surface area contributed by atoms with Crippen LogP contribution >= 0.6 is 23.7 Å². The third-order valence-corrected chi connectivity index (χ3v) is 5.02. The van der Waals surface area contributed by atoms with Crippen LogP contribution < -0.4 is 15.4 Å². The molecule has 3 rings (SSSR count). The predicted octanol–water partition coefficient (Wildman–Crippen LogP) is 2.73. The summed E-state index contributed by atoms with van der Waals surface area (Å²) in [4.78, 5) is 13.2. The number of hydrogen-bond donors (Lipinski definition) is 2. The molecule has 6 heteroatoms. The largest absolute Gasteiger partial charge is 0.497 e. The highest BCUT2D eigenvalue weighted by Crippen LogP contribution is 2.33. The van der Waals surface area contributed by atoms with Crippen molar-refractivity contribution in [3.8, 4) is 5.75 Å². The van der Waals surface area contributed by atoms with E-state index < -0.39 is 0 Å². The van der Waals surface area contributed by atoms with Gasteiger partial charge >= 0.3 is 0 Å². The molecule has 2 N–H and O–H groups in total. The Bertz CT molecular complexity index is 650. The summed E-state index contributed by atoms with van der Waals surface area (Å²) in [6.07, 6.45) is 1.00. The Hall–Kier alpha value is -1.30. The number of nitrogens with one attached hydrogen (secondary N) is 2. The Labute approximate surface area is 134 Å². The van der Waals surface area contributed by atoms with Gasteiger partial charge in [0, 0.05) is 17.3 Å². The van der Waals surface area contributed by atoms with E-state index in [-0.39, 0.29) is 24.4 Å². The molecule has 21 heavy (non-hydrogen) atoms. The van der Waals surface area contributed by atoms with Gasteiger partial charge in [0.1, 0.15) is 5.75 Å². The molecule has 1 aliphatic heterocycles. The number of fused-ring (bicyclic) bond motifs is 1. The SMILES string of the molecule is COc1ccc2sc(C(=O)NC3CCNC3)c(C)c2c1.Cl. The van der Waals surface area contributed by atoms with Gasteiger partial charge in [-0.1, -0.05) is 0 Å². The smallest absolute Gasteiger partial charge is 0.261 e. The van der Waals surface area contributed by atoms with E-state index in [4.69, 9.17) is 4.74 Å². The Morgan fingerprint density at radius 1 is 1.48 bits per heavy atom. The molecule has 1 aromatic carbocycles. The molecule has 0 saturated carbocycles. The summed E-state index contributed by atoms with van der Waals surface area (Å²) in [5, 5.41) is 7.46. The number of rotatable bonds is 3. The molecule has 0 aliphatic carbocycles. The van der Waals surface area contributed by atoms with Gasteiger partial charge in [0.25, 0.3) is 5.91 Å². The maximum Gasteiger partial charge on any atom is 0.261 e. The molecule has 2 heterocycles. The van der Waals surface area contributed by atoms with Gasteiger partial charge in [0.15, 0.2) is 0 Å². The van der Waals surface area contributed by atoms with Gasteiger partial charge in [-0.05, 0) is 49.0 Å². The average molecular weight is 327 g/mol. The van der Waals surface area contributed by atoms with E-state index >= 15 is 0 Å². The molecule has 114 valence electrons. The molecule has 1 aliphatic rings. The van der Waals surface area contributed by atoms with Crippen LogP contribution in [-0.2, 0) is 0 Å². The highest BCUT2D eigenvalue weighted by atomic mass is 35.5. The van der Waals surface area contributed by atoms with Gasteiger partial charge in [-0.25, -0.2) is 0 Å². The van der Waals surface area contributed by atoms with Gasteiger partial charge in [0.2, 0.25) is 0 Å². The minimum Gasteiger partial charge on any atom is -0.497 e. The second-order valence-corrected chi connectivity index (χ2v) is 6.13. The van der Waals surface area contributed by atoms with Crippen LogP contribution in [0.1, 0.15) is 21.7 Å². The van der Waals surface area contributed by atoms with Crippen LogP contribution in [0.2, 0.25) is 0 Å². The molecule has 1 unspecified atom stereocenters. The first-order valence-corrected chi connectivity index (χ1v) is 7.59. The summed E-state index contributed by atoms with van der Waals surface area (Å²) in [5.74, 6) is 0.863. The fourth-order valence-electron chi connectivity index (χ4n) is 2.57. The second-order valence-electron chi connectivity index (χ2n) is 5.08. The molecule has 0 radical (unpaired) electrons. The average Bonchev–Trinajstić information content (AvgIpc) is 3.07. The van der Waals surface area contributed by atoms with Gasteiger partial charge in [0.05, 0.1) is 12.0 Å². The Morgan fingerprint density at radius 3 is 2.95 bits per heavy atom. The van der Waals surface area contributed by atoms with E-state index in [0.29, 0.717) is 0 Å². The summed E-state index contributed by atoms with van der Waals surface area (Å²) in [7, 11) is 1.66. The summed E-state index contributed by atoms with van der Waals surface area (Å²) in [5.41, 5.74) is 1.03. The lowest BCUT2D eigenvalue weighted by Gasteiger charge is -2.10. The molecule has 1 fully saturated rings. The Morgan fingerprint density at radius 2 is 2.29 bits per heavy atom. The maximum absolute atomic E-state index is 12.4. The molecule has 0 bridgehead atoms. The molecule has 0 spiro atoms. The van der Waals surface area contributed by atoms with Crippen LogP contribution in [0.15, 0.2) is 18.2 Å². The van der Waals surface area contributed by atoms with Gasteiger partial charge in [-0.3, -0.25) is 4.79 Å². The lowest BCUT2D eigenvalue weighted by atomic mass is 10.1. The zero-order valence-electron chi connectivity index (χ0n) is 12.1. The van der Waals surface area contributed by atoms with Crippen LogP contribution in [0.25, 0.3) is 10.1 Å². The highest BCUT2D eigenvalue weighted by Gasteiger charge is 2.21. The number of aryl methyl sites for hydroxylation is 1. The standard InChI is InChI=1S/C15H18N2O2S.ClH/c1-9-12-7-11(19-2)3-4-13(12)20-14(9)15(18)17-10-5-6-16-8-10;/h3-4,7,10,16H,5-6,8H2,1-2H3,(H,17,18);1H. The van der Waals surface area contributed by atoms with Crippen molar-refractivity contribution in [2.45, 2.75) is 19.4 Å². The van der Waals surface area contributed by atoms with Crippen molar-refractivity contribution in [1.82, 2.24) is 10.6 Å². The van der Waals surface area contributed by atoms with Crippen LogP contribution in [0.5, 0.6) is 5.75 Å². The first-order chi connectivity index (χ1) is 9.69. The second kappa shape index (κ2) is 6.64. The number of benzene rings is 1. The molecular formula is C15H19ClN2O2S. The number of halogens is 1. The Kier molecular flexibility index (Phi) is 5.08. The van der Waals surface area contributed by atoms with Crippen molar-refractivity contribution in [1.29, 1.82) is 0 Å². The number of carbonyl (C=O) groups is 1. The number of hydrogen-bond acceptors (Lipinski definition) is 4. The lowest BCUT2D eigenvalue weighted by molar-refractivity contribution is 0.0943. The summed E-state index contributed by atoms with van der Waals surface area (Å²) in [6, 6.07) is 6.19. The molecule has 1 amide bonds. The van der Waals surface area contributed by atoms with Crippen molar-refractivity contribution < 1.29 is 9.53 Å². The van der Waals surface area contributed by atoms with Crippen LogP contribution in [0.4, 0.5) is 0 Å². The fraction of sp³-hybridized carbons (Fsp3) is 0.400. The van der Waals surface area contributed by atoms with Crippen molar-refractivity contribution in [2.24, 2.45) is 0 Å². The van der Waals surface area contributed by atoms with E-state index in [1.165, 1.54) is 0 Å². The van der Waals surface area contributed by atoms with E-state index in [2.05, 4.69) is 10.6 Å². The van der Waals surface area contributed by atoms with E-state index in [0.717, 1.165) is 45.8 Å². The molecule has 1 aromatic heterocycles. The van der Waals surface area contributed by atoms with Gasteiger partial charge < -0.3 is 15.4 Å². The summed E-state index contributed by atoms with van der Waals surface area (Å²) < 4.78 is 6.37. The van der Waals surface area contributed by atoms with Gasteiger partial charge in [-0.15, -0.1) is 23.7 Å². The molecular weight excluding hydrogens is 308 g/mol. The van der Waals surface area contributed by atoms with Crippen molar-refractivity contribution >= 4 is 39.7 Å². The predicted molar refractivity (Wildman–Crippen MR) is 89.1 cm³/mol. The first kappa shape index (κ1) is 16.1. The van der Waals surface area contributed by atoms with E-state index in [9.17, 15) is 4.79 Å². The number of thiophene rings is 1. The molecule has 1 saturated heterocycles. The zero-order valence-corrected chi connectivity index (χ0v) is 13.7. The van der Waals surface area contributed by atoms with Crippen LogP contribution in [0, 0.1) is 6.92 Å². The summed E-state index contributed by atoms with van der Waals surface area (Å²) >= 11 is 1.55. The van der Waals surface area contributed by atoms with Crippen molar-refractivity contribution in [3.63, 3.8) is 0 Å². The first-order valence-electron chi connectivity index (χ1n) is 6.78. The van der Waals surface area contributed by atoms with E-state index in [1.54, 1.807) is 18.4 Å². The van der Waals surface area contributed by atoms with Crippen LogP contribution in [0.3, 0.4) is 0 Å². The number of methoxy groups -OCH3 is 1. The minimum absolute atomic E-state index is 0. The monoisotopic (exact) mass is 326 g/mol. The third kappa shape index (κ3) is 3.15. The topological polar surface area (TPSA) is 50.4 Å². The third-order valence-electron chi connectivity index (χ3n) is 3.75. The quantitative estimate of drug-likeness (QED) is 0.912. The molecule has 2 aromatic rings. The lowest BCUT2D eigenvalue weighted by Crippen LogP contribution is -2.36. The normalized spacial score (nSPS) is 17.5. The molecule has 4 nitrogen and oxygen atoms in total. The van der Waals surface area contributed by atoms with Gasteiger partial charge in [-0.2, -0.15) is 0 Å². The summed E-state index contributed by atoms with van der Waals surface area (Å²) in [6.45, 7) is 3.84. The Balaban J connectivity index is 0.00000161. The van der Waals surface area contributed by atoms with Crippen molar-refractivity contribution in [3.05, 3.63) is 28.6 Å². The number of ether oxygens (including phenoxy) is 1. The zero-order chi connectivity index (χ0) is 14.1. The minimum atomic E-state index is 0. The number of carbonyl (C=O) groups excluding carboxylic acids is 1.